The third kappa shape index (κ3) is 4.24. The Morgan fingerprint density at radius 1 is 1.28 bits per heavy atom. The summed E-state index contributed by atoms with van der Waals surface area (Å²) in [5.74, 6) is 1.65. The maximum absolute atomic E-state index is 6.09. The molecule has 0 aromatic heterocycles. The summed E-state index contributed by atoms with van der Waals surface area (Å²) in [4.78, 5) is 0. The molecule has 0 aliphatic heterocycles. The largest absolute Gasteiger partial charge is 0.376 e. The highest BCUT2D eigenvalue weighted by Crippen LogP contribution is 2.36. The van der Waals surface area contributed by atoms with Crippen LogP contribution >= 0.6 is 0 Å². The molecule has 18 heavy (non-hydrogen) atoms. The Morgan fingerprint density at radius 2 is 1.94 bits per heavy atom. The van der Waals surface area contributed by atoms with Crippen molar-refractivity contribution in [2.24, 2.45) is 17.3 Å². The molecular weight excluding hydrogens is 222 g/mol. The van der Waals surface area contributed by atoms with E-state index in [0.29, 0.717) is 12.1 Å². The third-order valence-electron chi connectivity index (χ3n) is 4.34. The minimum atomic E-state index is 0.199. The minimum Gasteiger partial charge on any atom is -0.376 e. The van der Waals surface area contributed by atoms with Crippen LogP contribution in [0.3, 0.4) is 0 Å². The normalized spacial score (nSPS) is 29.0. The molecule has 0 aromatic rings. The second kappa shape index (κ2) is 6.91. The molecule has 1 N–H and O–H groups in total. The fraction of sp³-hybridized carbons (Fsp3) is 1.00. The highest BCUT2D eigenvalue weighted by Gasteiger charge is 2.37. The van der Waals surface area contributed by atoms with Gasteiger partial charge in [-0.15, -0.1) is 0 Å². The number of hydrogen-bond donors (Lipinski definition) is 1. The molecule has 1 fully saturated rings. The van der Waals surface area contributed by atoms with Gasteiger partial charge in [-0.3, -0.25) is 0 Å². The van der Waals surface area contributed by atoms with E-state index in [1.165, 1.54) is 25.7 Å². The summed E-state index contributed by atoms with van der Waals surface area (Å²) in [7, 11) is 2.10. The van der Waals surface area contributed by atoms with Gasteiger partial charge in [0, 0.05) is 12.6 Å². The van der Waals surface area contributed by atoms with Gasteiger partial charge in [-0.05, 0) is 44.1 Å². The zero-order valence-corrected chi connectivity index (χ0v) is 13.3. The number of rotatable bonds is 5. The summed E-state index contributed by atoms with van der Waals surface area (Å²) in [6.45, 7) is 12.2. The van der Waals surface area contributed by atoms with Crippen molar-refractivity contribution < 1.29 is 4.74 Å². The molecule has 0 saturated heterocycles. The minimum absolute atomic E-state index is 0.199. The smallest absolute Gasteiger partial charge is 0.0778 e. The standard InChI is InChI=1S/C16H33NO/c1-7-18-15(16(3,4)5)14(17-6)13-10-8-9-12(2)11-13/h12-15,17H,7-11H2,1-6H3. The van der Waals surface area contributed by atoms with E-state index in [2.05, 4.69) is 47.0 Å². The second-order valence-electron chi connectivity index (χ2n) is 7.09. The molecule has 1 aliphatic rings. The first-order valence-electron chi connectivity index (χ1n) is 7.69. The first-order chi connectivity index (χ1) is 8.40. The van der Waals surface area contributed by atoms with Gasteiger partial charge in [0.1, 0.15) is 0 Å². The van der Waals surface area contributed by atoms with E-state index in [-0.39, 0.29) is 5.41 Å². The average molecular weight is 255 g/mol. The van der Waals surface area contributed by atoms with Gasteiger partial charge in [-0.25, -0.2) is 0 Å². The quantitative estimate of drug-likeness (QED) is 0.805. The highest BCUT2D eigenvalue weighted by atomic mass is 16.5. The molecule has 2 heteroatoms. The Hall–Kier alpha value is -0.0800. The molecule has 4 atom stereocenters. The van der Waals surface area contributed by atoms with E-state index < -0.39 is 0 Å². The number of ether oxygens (including phenoxy) is 1. The van der Waals surface area contributed by atoms with Gasteiger partial charge in [0.15, 0.2) is 0 Å². The van der Waals surface area contributed by atoms with Crippen molar-refractivity contribution >= 4 is 0 Å². The van der Waals surface area contributed by atoms with Crippen LogP contribution in [0.4, 0.5) is 0 Å². The first kappa shape index (κ1) is 16.0. The number of nitrogens with one attached hydrogen (secondary N) is 1. The molecule has 2 nitrogen and oxygen atoms in total. The topological polar surface area (TPSA) is 21.3 Å². The predicted octanol–water partition coefficient (Wildman–Crippen LogP) is 3.85. The molecule has 0 amide bonds. The summed E-state index contributed by atoms with van der Waals surface area (Å²) < 4.78 is 6.09. The molecule has 0 spiro atoms. The first-order valence-corrected chi connectivity index (χ1v) is 7.69. The van der Waals surface area contributed by atoms with Crippen LogP contribution in [0.2, 0.25) is 0 Å². The lowest BCUT2D eigenvalue weighted by Gasteiger charge is -2.42. The summed E-state index contributed by atoms with van der Waals surface area (Å²) in [5.41, 5.74) is 0.199. The SMILES string of the molecule is CCOC(C(NC)C1CCCC(C)C1)C(C)(C)C. The molecule has 1 saturated carbocycles. The molecule has 0 heterocycles. The van der Waals surface area contributed by atoms with E-state index in [9.17, 15) is 0 Å². The van der Waals surface area contributed by atoms with Crippen LogP contribution < -0.4 is 5.32 Å². The summed E-state index contributed by atoms with van der Waals surface area (Å²) >= 11 is 0. The van der Waals surface area contributed by atoms with E-state index in [1.807, 2.05) is 0 Å². The zero-order chi connectivity index (χ0) is 13.8. The Bertz CT molecular complexity index is 234. The van der Waals surface area contributed by atoms with Crippen molar-refractivity contribution in [3.05, 3.63) is 0 Å². The Morgan fingerprint density at radius 3 is 2.39 bits per heavy atom. The van der Waals surface area contributed by atoms with Gasteiger partial charge >= 0.3 is 0 Å². The van der Waals surface area contributed by atoms with Crippen molar-refractivity contribution in [2.45, 2.75) is 72.4 Å². The maximum Gasteiger partial charge on any atom is 0.0778 e. The molecule has 0 aromatic carbocycles. The average Bonchev–Trinajstić information content (AvgIpc) is 2.28. The van der Waals surface area contributed by atoms with Gasteiger partial charge in [-0.2, -0.15) is 0 Å². The Balaban J connectivity index is 2.77. The van der Waals surface area contributed by atoms with Crippen LogP contribution in [0.5, 0.6) is 0 Å². The van der Waals surface area contributed by atoms with Crippen molar-refractivity contribution in [2.75, 3.05) is 13.7 Å². The fourth-order valence-corrected chi connectivity index (χ4v) is 3.51. The molecule has 0 bridgehead atoms. The summed E-state index contributed by atoms with van der Waals surface area (Å²) in [6.07, 6.45) is 5.80. The monoisotopic (exact) mass is 255 g/mol. The lowest BCUT2D eigenvalue weighted by molar-refractivity contribution is -0.0528. The second-order valence-corrected chi connectivity index (χ2v) is 7.09. The van der Waals surface area contributed by atoms with Crippen LogP contribution in [0.1, 0.15) is 60.3 Å². The molecular formula is C16H33NO. The van der Waals surface area contributed by atoms with Crippen LogP contribution in [0, 0.1) is 17.3 Å². The number of hydrogen-bond acceptors (Lipinski definition) is 2. The van der Waals surface area contributed by atoms with Gasteiger partial charge in [0.25, 0.3) is 0 Å². The molecule has 1 aliphatic carbocycles. The van der Waals surface area contributed by atoms with Gasteiger partial charge in [-0.1, -0.05) is 40.5 Å². The van der Waals surface area contributed by atoms with E-state index in [4.69, 9.17) is 4.74 Å². The van der Waals surface area contributed by atoms with E-state index >= 15 is 0 Å². The maximum atomic E-state index is 6.09. The molecule has 4 unspecified atom stereocenters. The van der Waals surface area contributed by atoms with E-state index in [0.717, 1.165) is 18.4 Å². The summed E-state index contributed by atoms with van der Waals surface area (Å²) in [6, 6.07) is 0.493. The van der Waals surface area contributed by atoms with Crippen LogP contribution in [-0.2, 0) is 4.74 Å². The molecule has 108 valence electrons. The van der Waals surface area contributed by atoms with Crippen LogP contribution in [-0.4, -0.2) is 25.8 Å². The molecule has 0 radical (unpaired) electrons. The third-order valence-corrected chi connectivity index (χ3v) is 4.34. The van der Waals surface area contributed by atoms with E-state index in [1.54, 1.807) is 0 Å². The van der Waals surface area contributed by atoms with Crippen molar-refractivity contribution in [3.8, 4) is 0 Å². The van der Waals surface area contributed by atoms with Crippen LogP contribution in [0.15, 0.2) is 0 Å². The number of likely N-dealkylation sites (N-methyl/N-ethyl adjacent to an activating group) is 1. The highest BCUT2D eigenvalue weighted by molar-refractivity contribution is 4.92. The fourth-order valence-electron chi connectivity index (χ4n) is 3.51. The van der Waals surface area contributed by atoms with Gasteiger partial charge < -0.3 is 10.1 Å². The van der Waals surface area contributed by atoms with Gasteiger partial charge in [0.2, 0.25) is 0 Å². The summed E-state index contributed by atoms with van der Waals surface area (Å²) in [5, 5.41) is 3.56. The van der Waals surface area contributed by atoms with Crippen molar-refractivity contribution in [1.82, 2.24) is 5.32 Å². The Kier molecular flexibility index (Phi) is 6.13. The van der Waals surface area contributed by atoms with Crippen LogP contribution in [0.25, 0.3) is 0 Å². The lowest BCUT2D eigenvalue weighted by atomic mass is 9.72. The Labute approximate surface area is 114 Å². The van der Waals surface area contributed by atoms with Crippen molar-refractivity contribution in [1.29, 1.82) is 0 Å². The zero-order valence-electron chi connectivity index (χ0n) is 13.3. The predicted molar refractivity (Wildman–Crippen MR) is 78.8 cm³/mol. The van der Waals surface area contributed by atoms with Gasteiger partial charge in [0.05, 0.1) is 6.10 Å². The van der Waals surface area contributed by atoms with Crippen molar-refractivity contribution in [3.63, 3.8) is 0 Å². The molecule has 1 rings (SSSR count). The lowest BCUT2D eigenvalue weighted by Crippen LogP contribution is -2.51.